The number of hydrogen-bond acceptors (Lipinski definition) is 3. The summed E-state index contributed by atoms with van der Waals surface area (Å²) in [5, 5.41) is 5.26. The van der Waals surface area contributed by atoms with E-state index in [4.69, 9.17) is 0 Å². The average Bonchev–Trinajstić information content (AvgIpc) is 3.00. The molecule has 0 spiro atoms. The van der Waals surface area contributed by atoms with E-state index in [1.165, 1.54) is 10.4 Å². The summed E-state index contributed by atoms with van der Waals surface area (Å²) in [6.45, 7) is 5.65. The molecule has 4 heteroatoms. The number of hydrogen-bond donors (Lipinski definition) is 1. The van der Waals surface area contributed by atoms with E-state index in [2.05, 4.69) is 28.6 Å². The average molecular weight is 314 g/mol. The highest BCUT2D eigenvalue weighted by molar-refractivity contribution is 7.10. The summed E-state index contributed by atoms with van der Waals surface area (Å²) < 4.78 is 0. The van der Waals surface area contributed by atoms with E-state index < -0.39 is 0 Å². The third kappa shape index (κ3) is 3.23. The highest BCUT2D eigenvalue weighted by Crippen LogP contribution is 2.32. The molecule has 1 N–H and O–H groups in total. The van der Waals surface area contributed by atoms with Crippen LogP contribution in [-0.2, 0) is 11.2 Å². The molecule has 0 saturated carbocycles. The normalized spacial score (nSPS) is 19.5. The van der Waals surface area contributed by atoms with Crippen molar-refractivity contribution in [1.29, 1.82) is 0 Å². The number of rotatable bonds is 4. The van der Waals surface area contributed by atoms with Crippen LogP contribution in [0.15, 0.2) is 41.8 Å². The van der Waals surface area contributed by atoms with Crippen LogP contribution in [0.4, 0.5) is 0 Å². The Hall–Kier alpha value is -1.65. The Morgan fingerprint density at radius 3 is 2.91 bits per heavy atom. The van der Waals surface area contributed by atoms with E-state index in [0.29, 0.717) is 12.6 Å². The first kappa shape index (κ1) is 15.3. The zero-order valence-electron chi connectivity index (χ0n) is 13.1. The maximum Gasteiger partial charge on any atom is 0.234 e. The van der Waals surface area contributed by atoms with Gasteiger partial charge in [0.05, 0.1) is 12.6 Å². The second-order valence-corrected chi connectivity index (χ2v) is 6.90. The van der Waals surface area contributed by atoms with E-state index in [0.717, 1.165) is 18.5 Å². The molecule has 1 amide bonds. The Morgan fingerprint density at radius 1 is 1.36 bits per heavy atom. The van der Waals surface area contributed by atoms with Crippen molar-refractivity contribution in [2.75, 3.05) is 13.1 Å². The Labute approximate surface area is 136 Å². The topological polar surface area (TPSA) is 32.3 Å². The van der Waals surface area contributed by atoms with Gasteiger partial charge in [-0.1, -0.05) is 30.3 Å². The minimum Gasteiger partial charge on any atom is -0.348 e. The van der Waals surface area contributed by atoms with E-state index in [9.17, 15) is 4.79 Å². The maximum absolute atomic E-state index is 12.3. The fourth-order valence-electron chi connectivity index (χ4n) is 3.07. The molecule has 3 nitrogen and oxygen atoms in total. The molecule has 116 valence electrons. The lowest BCUT2D eigenvalue weighted by atomic mass is 10.0. The van der Waals surface area contributed by atoms with Crippen molar-refractivity contribution in [3.63, 3.8) is 0 Å². The number of carbonyl (C=O) groups excluding carboxylic acids is 1. The number of carbonyl (C=O) groups is 1. The minimum absolute atomic E-state index is 0.0468. The highest BCUT2D eigenvalue weighted by atomic mass is 32.1. The summed E-state index contributed by atoms with van der Waals surface area (Å²) in [4.78, 5) is 16.1. The van der Waals surface area contributed by atoms with Crippen LogP contribution in [0.1, 0.15) is 41.9 Å². The molecule has 1 aliphatic rings. The predicted octanol–water partition coefficient (Wildman–Crippen LogP) is 3.54. The molecule has 3 rings (SSSR count). The molecule has 0 fully saturated rings. The Morgan fingerprint density at radius 2 is 2.14 bits per heavy atom. The molecule has 2 atom stereocenters. The summed E-state index contributed by atoms with van der Waals surface area (Å²) in [5.41, 5.74) is 2.53. The lowest BCUT2D eigenvalue weighted by Crippen LogP contribution is -2.42. The van der Waals surface area contributed by atoms with Crippen molar-refractivity contribution >= 4 is 17.2 Å². The molecule has 1 aliphatic heterocycles. The highest BCUT2D eigenvalue weighted by Gasteiger charge is 2.26. The van der Waals surface area contributed by atoms with E-state index in [1.54, 1.807) is 0 Å². The van der Waals surface area contributed by atoms with Crippen LogP contribution in [0.25, 0.3) is 0 Å². The first-order valence-electron chi connectivity index (χ1n) is 7.80. The van der Waals surface area contributed by atoms with Gasteiger partial charge in [-0.05, 0) is 42.8 Å². The van der Waals surface area contributed by atoms with Crippen LogP contribution in [0.2, 0.25) is 0 Å². The van der Waals surface area contributed by atoms with Gasteiger partial charge in [-0.25, -0.2) is 0 Å². The third-order valence-electron chi connectivity index (χ3n) is 4.43. The number of benzene rings is 1. The SMILES string of the molecule is CC(NC(=O)CN1CCc2sccc2C1C)c1ccccc1. The Bertz CT molecular complexity index is 638. The molecule has 1 aromatic heterocycles. The number of amides is 1. The lowest BCUT2D eigenvalue weighted by molar-refractivity contribution is -0.123. The van der Waals surface area contributed by atoms with Crippen LogP contribution in [0, 0.1) is 0 Å². The van der Waals surface area contributed by atoms with E-state index >= 15 is 0 Å². The van der Waals surface area contributed by atoms with Gasteiger partial charge in [-0.15, -0.1) is 11.3 Å². The van der Waals surface area contributed by atoms with Gasteiger partial charge in [0.15, 0.2) is 0 Å². The number of nitrogens with zero attached hydrogens (tertiary/aromatic N) is 1. The van der Waals surface area contributed by atoms with Crippen LogP contribution in [-0.4, -0.2) is 23.9 Å². The van der Waals surface area contributed by atoms with Gasteiger partial charge >= 0.3 is 0 Å². The first-order chi connectivity index (χ1) is 10.6. The first-order valence-corrected chi connectivity index (χ1v) is 8.67. The number of fused-ring (bicyclic) bond motifs is 1. The van der Waals surface area contributed by atoms with Crippen LogP contribution in [0.5, 0.6) is 0 Å². The van der Waals surface area contributed by atoms with E-state index in [-0.39, 0.29) is 11.9 Å². The van der Waals surface area contributed by atoms with Crippen LogP contribution in [0.3, 0.4) is 0 Å². The molecule has 0 radical (unpaired) electrons. The Kier molecular flexibility index (Phi) is 4.60. The van der Waals surface area contributed by atoms with Gasteiger partial charge in [-0.3, -0.25) is 9.69 Å². The number of thiophene rings is 1. The minimum atomic E-state index is 0.0468. The smallest absolute Gasteiger partial charge is 0.234 e. The van der Waals surface area contributed by atoms with Crippen LogP contribution < -0.4 is 5.32 Å². The fourth-order valence-corrected chi connectivity index (χ4v) is 4.04. The molecule has 2 heterocycles. The van der Waals surface area contributed by atoms with Crippen molar-refractivity contribution in [1.82, 2.24) is 10.2 Å². The van der Waals surface area contributed by atoms with Gasteiger partial charge in [0.2, 0.25) is 5.91 Å². The van der Waals surface area contributed by atoms with Crippen molar-refractivity contribution in [3.05, 3.63) is 57.8 Å². The zero-order valence-corrected chi connectivity index (χ0v) is 13.9. The monoisotopic (exact) mass is 314 g/mol. The third-order valence-corrected chi connectivity index (χ3v) is 5.42. The zero-order chi connectivity index (χ0) is 15.5. The second-order valence-electron chi connectivity index (χ2n) is 5.90. The standard InChI is InChI=1S/C18H22N2OS/c1-13(15-6-4-3-5-7-15)19-18(21)12-20-10-8-17-16(14(20)2)9-11-22-17/h3-7,9,11,13-14H,8,10,12H2,1-2H3,(H,19,21). The molecule has 0 bridgehead atoms. The summed E-state index contributed by atoms with van der Waals surface area (Å²) in [6, 6.07) is 12.7. The van der Waals surface area contributed by atoms with Gasteiger partial charge < -0.3 is 5.32 Å². The summed E-state index contributed by atoms with van der Waals surface area (Å²) in [7, 11) is 0. The molecule has 1 aromatic carbocycles. The molecular weight excluding hydrogens is 292 g/mol. The summed E-state index contributed by atoms with van der Waals surface area (Å²) in [5.74, 6) is 0.0990. The quantitative estimate of drug-likeness (QED) is 0.936. The van der Waals surface area contributed by atoms with E-state index in [1.807, 2.05) is 48.6 Å². The molecule has 22 heavy (non-hydrogen) atoms. The summed E-state index contributed by atoms with van der Waals surface area (Å²) >= 11 is 1.83. The van der Waals surface area contributed by atoms with Gasteiger partial charge in [0.25, 0.3) is 0 Å². The van der Waals surface area contributed by atoms with Gasteiger partial charge in [0.1, 0.15) is 0 Å². The predicted molar refractivity (Wildman–Crippen MR) is 91.0 cm³/mol. The molecule has 0 aliphatic carbocycles. The van der Waals surface area contributed by atoms with Crippen molar-refractivity contribution in [2.24, 2.45) is 0 Å². The number of nitrogens with one attached hydrogen (secondary N) is 1. The van der Waals surface area contributed by atoms with Crippen molar-refractivity contribution in [2.45, 2.75) is 32.4 Å². The fraction of sp³-hybridized carbons (Fsp3) is 0.389. The second kappa shape index (κ2) is 6.63. The largest absolute Gasteiger partial charge is 0.348 e. The van der Waals surface area contributed by atoms with Crippen molar-refractivity contribution < 1.29 is 4.79 Å². The summed E-state index contributed by atoms with van der Waals surface area (Å²) in [6.07, 6.45) is 1.05. The molecule has 2 unspecified atom stereocenters. The molecular formula is C18H22N2OS. The van der Waals surface area contributed by atoms with Crippen LogP contribution >= 0.6 is 11.3 Å². The van der Waals surface area contributed by atoms with Gasteiger partial charge in [-0.2, -0.15) is 0 Å². The molecule has 2 aromatic rings. The Balaban J connectivity index is 1.59. The maximum atomic E-state index is 12.3. The molecule has 0 saturated heterocycles. The lowest BCUT2D eigenvalue weighted by Gasteiger charge is -2.33. The van der Waals surface area contributed by atoms with Crippen molar-refractivity contribution in [3.8, 4) is 0 Å². The van der Waals surface area contributed by atoms with Gasteiger partial charge in [0, 0.05) is 17.5 Å².